The van der Waals surface area contributed by atoms with Crippen LogP contribution in [-0.2, 0) is 9.54 Å². The second-order valence-corrected chi connectivity index (χ2v) is 8.54. The molecule has 2 aromatic rings. The molecule has 5 nitrogen and oxygen atoms in total. The van der Waals surface area contributed by atoms with Gasteiger partial charge in [0.15, 0.2) is 11.5 Å². The van der Waals surface area contributed by atoms with Gasteiger partial charge >= 0.3 is 0 Å². The number of anilines is 1. The molecule has 27 heavy (non-hydrogen) atoms. The largest absolute Gasteiger partial charge is 0.546 e. The van der Waals surface area contributed by atoms with Crippen LogP contribution in [-0.4, -0.2) is 38.0 Å². The zero-order valence-electron chi connectivity index (χ0n) is 15.6. The zero-order valence-corrected chi connectivity index (χ0v) is 16.5. The standard InChI is InChI=1S/C21H25NO4S/c1-21(2,16-7-4-3-5-8-16)27-14-12-22-11-13-25-20-17(22)9-6-10-18(20)26-15-19(23)24/h3-10H,11-15H2,1-2H3,(H,23,24)/p-1. The number of ether oxygens (including phenoxy) is 2. The molecule has 1 aliphatic heterocycles. The molecule has 0 saturated carbocycles. The third-order valence-corrected chi connectivity index (χ3v) is 5.89. The summed E-state index contributed by atoms with van der Waals surface area (Å²) in [6, 6.07) is 16.1. The summed E-state index contributed by atoms with van der Waals surface area (Å²) in [5, 5.41) is 10.7. The van der Waals surface area contributed by atoms with Crippen molar-refractivity contribution in [3.05, 3.63) is 54.1 Å². The number of hydrogen-bond donors (Lipinski definition) is 0. The number of hydrogen-bond acceptors (Lipinski definition) is 6. The molecule has 0 bridgehead atoms. The predicted molar refractivity (Wildman–Crippen MR) is 107 cm³/mol. The van der Waals surface area contributed by atoms with E-state index in [4.69, 9.17) is 9.47 Å². The molecule has 0 fully saturated rings. The molecule has 6 heteroatoms. The lowest BCUT2D eigenvalue weighted by Crippen LogP contribution is -2.35. The number of fused-ring (bicyclic) bond motifs is 1. The van der Waals surface area contributed by atoms with Crippen molar-refractivity contribution in [3.63, 3.8) is 0 Å². The number of aliphatic carboxylic acids is 1. The van der Waals surface area contributed by atoms with E-state index in [0.717, 1.165) is 24.5 Å². The van der Waals surface area contributed by atoms with Crippen LogP contribution in [0.2, 0.25) is 0 Å². The highest BCUT2D eigenvalue weighted by Gasteiger charge is 2.24. The van der Waals surface area contributed by atoms with Gasteiger partial charge in [0.2, 0.25) is 0 Å². The molecule has 0 radical (unpaired) electrons. The Morgan fingerprint density at radius 1 is 1.22 bits per heavy atom. The van der Waals surface area contributed by atoms with Crippen molar-refractivity contribution < 1.29 is 19.4 Å². The Kier molecular flexibility index (Phi) is 6.16. The molecule has 0 atom stereocenters. The second-order valence-electron chi connectivity index (χ2n) is 6.83. The first-order chi connectivity index (χ1) is 13.0. The van der Waals surface area contributed by atoms with Crippen LogP contribution < -0.4 is 19.5 Å². The zero-order chi connectivity index (χ0) is 19.3. The Bertz CT molecular complexity index is 779. The minimum atomic E-state index is -1.25. The maximum absolute atomic E-state index is 10.7. The van der Waals surface area contributed by atoms with Crippen LogP contribution in [0.1, 0.15) is 19.4 Å². The molecule has 0 saturated heterocycles. The molecule has 0 spiro atoms. The first kappa shape index (κ1) is 19.4. The van der Waals surface area contributed by atoms with Gasteiger partial charge in [-0.15, -0.1) is 11.8 Å². The maximum Gasteiger partial charge on any atom is 0.184 e. The van der Waals surface area contributed by atoms with Gasteiger partial charge in [-0.2, -0.15) is 0 Å². The SMILES string of the molecule is CC(C)(SCCN1CCOc2c(OCC(=O)[O-])cccc21)c1ccccc1. The summed E-state index contributed by atoms with van der Waals surface area (Å²) in [4.78, 5) is 12.9. The van der Waals surface area contributed by atoms with Crippen molar-refractivity contribution >= 4 is 23.4 Å². The highest BCUT2D eigenvalue weighted by atomic mass is 32.2. The van der Waals surface area contributed by atoms with Gasteiger partial charge in [-0.3, -0.25) is 0 Å². The summed E-state index contributed by atoms with van der Waals surface area (Å²) in [5.74, 6) is 0.765. The van der Waals surface area contributed by atoms with Crippen LogP contribution in [0, 0.1) is 0 Å². The number of carbonyl (C=O) groups excluding carboxylic acids is 1. The van der Waals surface area contributed by atoms with Crippen LogP contribution in [0.3, 0.4) is 0 Å². The van der Waals surface area contributed by atoms with E-state index in [0.29, 0.717) is 18.1 Å². The number of carboxylic acid groups (broad SMARTS) is 1. The van der Waals surface area contributed by atoms with E-state index in [-0.39, 0.29) is 4.75 Å². The molecular formula is C21H24NO4S-. The first-order valence-corrected chi connectivity index (χ1v) is 9.99. The topological polar surface area (TPSA) is 61.8 Å². The van der Waals surface area contributed by atoms with Crippen molar-refractivity contribution in [2.24, 2.45) is 0 Å². The Morgan fingerprint density at radius 2 is 2.00 bits per heavy atom. The number of nitrogens with zero attached hydrogens (tertiary/aromatic N) is 1. The summed E-state index contributed by atoms with van der Waals surface area (Å²) in [7, 11) is 0. The molecule has 2 aromatic carbocycles. The molecule has 0 aliphatic carbocycles. The lowest BCUT2D eigenvalue weighted by Gasteiger charge is -2.33. The highest BCUT2D eigenvalue weighted by Crippen LogP contribution is 2.41. The van der Waals surface area contributed by atoms with Crippen LogP contribution in [0.5, 0.6) is 11.5 Å². The van der Waals surface area contributed by atoms with Crippen molar-refractivity contribution in [2.75, 3.05) is 37.0 Å². The highest BCUT2D eigenvalue weighted by molar-refractivity contribution is 8.00. The van der Waals surface area contributed by atoms with Gasteiger partial charge in [-0.1, -0.05) is 36.4 Å². The van der Waals surface area contributed by atoms with Gasteiger partial charge in [0.1, 0.15) is 13.2 Å². The minimum Gasteiger partial charge on any atom is -0.546 e. The Morgan fingerprint density at radius 3 is 2.74 bits per heavy atom. The molecule has 0 amide bonds. The van der Waals surface area contributed by atoms with Gasteiger partial charge in [-0.25, -0.2) is 0 Å². The third kappa shape index (κ3) is 4.89. The van der Waals surface area contributed by atoms with Crippen LogP contribution in [0.4, 0.5) is 5.69 Å². The summed E-state index contributed by atoms with van der Waals surface area (Å²) < 4.78 is 11.1. The van der Waals surface area contributed by atoms with E-state index >= 15 is 0 Å². The Labute approximate surface area is 164 Å². The molecular weight excluding hydrogens is 362 g/mol. The lowest BCUT2D eigenvalue weighted by atomic mass is 10.0. The molecule has 0 N–H and O–H groups in total. The Balaban J connectivity index is 1.64. The van der Waals surface area contributed by atoms with Crippen LogP contribution in [0.25, 0.3) is 0 Å². The lowest BCUT2D eigenvalue weighted by molar-refractivity contribution is -0.307. The van der Waals surface area contributed by atoms with E-state index < -0.39 is 12.6 Å². The fraction of sp³-hybridized carbons (Fsp3) is 0.381. The van der Waals surface area contributed by atoms with E-state index in [9.17, 15) is 9.90 Å². The Hall–Kier alpha value is -2.34. The minimum absolute atomic E-state index is 0.0375. The van der Waals surface area contributed by atoms with Crippen molar-refractivity contribution in [2.45, 2.75) is 18.6 Å². The van der Waals surface area contributed by atoms with Gasteiger partial charge in [0.25, 0.3) is 0 Å². The van der Waals surface area contributed by atoms with Gasteiger partial charge < -0.3 is 24.3 Å². The van der Waals surface area contributed by atoms with Gasteiger partial charge in [-0.05, 0) is 31.5 Å². The number of para-hydroxylation sites is 1. The number of thioether (sulfide) groups is 1. The number of carboxylic acids is 1. The van der Waals surface area contributed by atoms with Gasteiger partial charge in [0.05, 0.1) is 18.2 Å². The molecule has 0 aromatic heterocycles. The van der Waals surface area contributed by atoms with Crippen molar-refractivity contribution in [1.29, 1.82) is 0 Å². The van der Waals surface area contributed by atoms with Crippen LogP contribution in [0.15, 0.2) is 48.5 Å². The number of rotatable bonds is 8. The summed E-state index contributed by atoms with van der Waals surface area (Å²) >= 11 is 1.92. The summed E-state index contributed by atoms with van der Waals surface area (Å²) in [6.45, 7) is 6.22. The fourth-order valence-electron chi connectivity index (χ4n) is 3.09. The number of carbonyl (C=O) groups is 1. The van der Waals surface area contributed by atoms with E-state index in [1.165, 1.54) is 5.56 Å². The van der Waals surface area contributed by atoms with Crippen molar-refractivity contribution in [1.82, 2.24) is 0 Å². The van der Waals surface area contributed by atoms with Crippen LogP contribution >= 0.6 is 11.8 Å². The average Bonchev–Trinajstić information content (AvgIpc) is 2.67. The summed E-state index contributed by atoms with van der Waals surface area (Å²) in [6.07, 6.45) is 0. The molecule has 3 rings (SSSR count). The third-order valence-electron chi connectivity index (χ3n) is 4.55. The summed E-state index contributed by atoms with van der Waals surface area (Å²) in [5.41, 5.74) is 2.26. The second kappa shape index (κ2) is 8.57. The molecule has 1 heterocycles. The maximum atomic E-state index is 10.7. The molecule has 1 aliphatic rings. The average molecular weight is 386 g/mol. The fourth-order valence-corrected chi connectivity index (χ4v) is 4.22. The number of benzene rings is 2. The quantitative estimate of drug-likeness (QED) is 0.695. The molecule has 144 valence electrons. The monoisotopic (exact) mass is 386 g/mol. The first-order valence-electron chi connectivity index (χ1n) is 9.00. The van der Waals surface area contributed by atoms with Gasteiger partial charge in [0, 0.05) is 17.0 Å². The van der Waals surface area contributed by atoms with Crippen molar-refractivity contribution in [3.8, 4) is 11.5 Å². The molecule has 0 unspecified atom stereocenters. The van der Waals surface area contributed by atoms with E-state index in [1.54, 1.807) is 6.07 Å². The normalized spacial score (nSPS) is 13.6. The predicted octanol–water partition coefficient (Wildman–Crippen LogP) is 2.68. The smallest absolute Gasteiger partial charge is 0.184 e. The van der Waals surface area contributed by atoms with E-state index in [1.807, 2.05) is 30.0 Å². The van der Waals surface area contributed by atoms with E-state index in [2.05, 4.69) is 43.0 Å².